The summed E-state index contributed by atoms with van der Waals surface area (Å²) in [7, 11) is 0. The van der Waals surface area contributed by atoms with Gasteiger partial charge < -0.3 is 14.2 Å². The molecule has 2 aromatic rings. The first-order valence-corrected chi connectivity index (χ1v) is 7.90. The van der Waals surface area contributed by atoms with Crippen molar-refractivity contribution in [3.8, 4) is 17.2 Å². The SMILES string of the molecule is CCOc1ccc(OCCCCOc2ccccc2Cl)cc1. The summed E-state index contributed by atoms with van der Waals surface area (Å²) in [6, 6.07) is 15.2. The predicted octanol–water partition coefficient (Wildman–Crippen LogP) is 4.98. The number of benzene rings is 2. The van der Waals surface area contributed by atoms with E-state index in [1.54, 1.807) is 0 Å². The van der Waals surface area contributed by atoms with Gasteiger partial charge in [-0.2, -0.15) is 0 Å². The van der Waals surface area contributed by atoms with Gasteiger partial charge in [-0.3, -0.25) is 0 Å². The van der Waals surface area contributed by atoms with Crippen LogP contribution in [0.1, 0.15) is 19.8 Å². The Morgan fingerprint density at radius 1 is 0.773 bits per heavy atom. The van der Waals surface area contributed by atoms with Gasteiger partial charge in [0, 0.05) is 0 Å². The monoisotopic (exact) mass is 320 g/mol. The minimum Gasteiger partial charge on any atom is -0.494 e. The Hall–Kier alpha value is -1.87. The summed E-state index contributed by atoms with van der Waals surface area (Å²) in [5.74, 6) is 2.45. The van der Waals surface area contributed by atoms with E-state index in [9.17, 15) is 0 Å². The van der Waals surface area contributed by atoms with Gasteiger partial charge >= 0.3 is 0 Å². The van der Waals surface area contributed by atoms with Gasteiger partial charge in [-0.25, -0.2) is 0 Å². The molecule has 3 nitrogen and oxygen atoms in total. The lowest BCUT2D eigenvalue weighted by Crippen LogP contribution is -2.02. The minimum atomic E-state index is 0.635. The first-order chi connectivity index (χ1) is 10.8. The van der Waals surface area contributed by atoms with Crippen molar-refractivity contribution >= 4 is 11.6 Å². The van der Waals surface area contributed by atoms with Crippen molar-refractivity contribution in [2.45, 2.75) is 19.8 Å². The smallest absolute Gasteiger partial charge is 0.137 e. The average molecular weight is 321 g/mol. The van der Waals surface area contributed by atoms with Gasteiger partial charge in [0.05, 0.1) is 24.8 Å². The van der Waals surface area contributed by atoms with E-state index >= 15 is 0 Å². The molecule has 0 spiro atoms. The van der Waals surface area contributed by atoms with Gasteiger partial charge in [0.1, 0.15) is 17.2 Å². The van der Waals surface area contributed by atoms with E-state index in [-0.39, 0.29) is 0 Å². The minimum absolute atomic E-state index is 0.635. The molecule has 0 bridgehead atoms. The zero-order chi connectivity index (χ0) is 15.6. The van der Waals surface area contributed by atoms with Crippen LogP contribution in [-0.4, -0.2) is 19.8 Å². The molecule has 0 fully saturated rings. The normalized spacial score (nSPS) is 10.3. The van der Waals surface area contributed by atoms with E-state index in [0.29, 0.717) is 24.8 Å². The van der Waals surface area contributed by atoms with E-state index in [1.165, 1.54) is 0 Å². The van der Waals surface area contributed by atoms with E-state index in [1.807, 2.05) is 55.5 Å². The fourth-order valence-electron chi connectivity index (χ4n) is 1.94. The maximum absolute atomic E-state index is 6.02. The van der Waals surface area contributed by atoms with Crippen molar-refractivity contribution in [1.82, 2.24) is 0 Å². The standard InChI is InChI=1S/C18H21ClO3/c1-2-20-15-9-11-16(12-10-15)21-13-5-6-14-22-18-8-4-3-7-17(18)19/h3-4,7-12H,2,5-6,13-14H2,1H3. The Kier molecular flexibility index (Phi) is 6.91. The van der Waals surface area contributed by atoms with Crippen LogP contribution in [-0.2, 0) is 0 Å². The van der Waals surface area contributed by atoms with Gasteiger partial charge in [0.15, 0.2) is 0 Å². The highest BCUT2D eigenvalue weighted by molar-refractivity contribution is 6.32. The van der Waals surface area contributed by atoms with Crippen molar-refractivity contribution < 1.29 is 14.2 Å². The summed E-state index contributed by atoms with van der Waals surface area (Å²) < 4.78 is 16.7. The quantitative estimate of drug-likeness (QED) is 0.610. The zero-order valence-electron chi connectivity index (χ0n) is 12.8. The number of rotatable bonds is 9. The van der Waals surface area contributed by atoms with Crippen LogP contribution in [0.15, 0.2) is 48.5 Å². The van der Waals surface area contributed by atoms with Gasteiger partial charge in [-0.1, -0.05) is 23.7 Å². The lowest BCUT2D eigenvalue weighted by atomic mass is 10.3. The first-order valence-electron chi connectivity index (χ1n) is 7.52. The molecule has 0 aromatic heterocycles. The van der Waals surface area contributed by atoms with Crippen LogP contribution in [0.25, 0.3) is 0 Å². The lowest BCUT2D eigenvalue weighted by Gasteiger charge is -2.09. The van der Waals surface area contributed by atoms with Gasteiger partial charge in [-0.15, -0.1) is 0 Å². The van der Waals surface area contributed by atoms with Crippen LogP contribution in [0.5, 0.6) is 17.2 Å². The summed E-state index contributed by atoms with van der Waals surface area (Å²) in [5.41, 5.74) is 0. The average Bonchev–Trinajstić information content (AvgIpc) is 2.54. The van der Waals surface area contributed by atoms with Crippen LogP contribution in [0.2, 0.25) is 5.02 Å². The second kappa shape index (κ2) is 9.21. The molecule has 0 aliphatic rings. The Morgan fingerprint density at radius 3 is 2.00 bits per heavy atom. The van der Waals surface area contributed by atoms with Crippen LogP contribution in [0.4, 0.5) is 0 Å². The zero-order valence-corrected chi connectivity index (χ0v) is 13.5. The molecule has 22 heavy (non-hydrogen) atoms. The molecule has 0 unspecified atom stereocenters. The molecule has 4 heteroatoms. The second-order valence-corrected chi connectivity index (χ2v) is 5.15. The molecule has 0 N–H and O–H groups in total. The van der Waals surface area contributed by atoms with Crippen LogP contribution in [0, 0.1) is 0 Å². The molecule has 0 saturated carbocycles. The Morgan fingerprint density at radius 2 is 1.36 bits per heavy atom. The second-order valence-electron chi connectivity index (χ2n) is 4.74. The number of hydrogen-bond acceptors (Lipinski definition) is 3. The maximum Gasteiger partial charge on any atom is 0.137 e. The van der Waals surface area contributed by atoms with E-state index in [0.717, 1.165) is 30.1 Å². The van der Waals surface area contributed by atoms with Crippen molar-refractivity contribution in [2.75, 3.05) is 19.8 Å². The van der Waals surface area contributed by atoms with Gasteiger partial charge in [0.25, 0.3) is 0 Å². The van der Waals surface area contributed by atoms with Crippen molar-refractivity contribution in [2.24, 2.45) is 0 Å². The number of para-hydroxylation sites is 1. The number of hydrogen-bond donors (Lipinski definition) is 0. The Bertz CT molecular complexity index is 555. The summed E-state index contributed by atoms with van der Waals surface area (Å²) in [6.07, 6.45) is 1.85. The maximum atomic E-state index is 6.02. The topological polar surface area (TPSA) is 27.7 Å². The lowest BCUT2D eigenvalue weighted by molar-refractivity contribution is 0.266. The number of ether oxygens (including phenoxy) is 3. The molecule has 2 aromatic carbocycles. The molecule has 0 saturated heterocycles. The van der Waals surface area contributed by atoms with E-state index in [2.05, 4.69) is 0 Å². The fourth-order valence-corrected chi connectivity index (χ4v) is 2.13. The van der Waals surface area contributed by atoms with E-state index in [4.69, 9.17) is 25.8 Å². The molecule has 0 amide bonds. The van der Waals surface area contributed by atoms with Crippen LogP contribution >= 0.6 is 11.6 Å². The fraction of sp³-hybridized carbons (Fsp3) is 0.333. The Labute approximate surface area is 136 Å². The largest absolute Gasteiger partial charge is 0.494 e. The molecule has 0 aliphatic heterocycles. The van der Waals surface area contributed by atoms with Crippen molar-refractivity contribution in [1.29, 1.82) is 0 Å². The van der Waals surface area contributed by atoms with E-state index < -0.39 is 0 Å². The highest BCUT2D eigenvalue weighted by Crippen LogP contribution is 2.23. The Balaban J connectivity index is 1.60. The van der Waals surface area contributed by atoms with Gasteiger partial charge in [0.2, 0.25) is 0 Å². The molecular formula is C18H21ClO3. The third-order valence-corrected chi connectivity index (χ3v) is 3.35. The molecule has 0 radical (unpaired) electrons. The molecule has 0 atom stereocenters. The molecule has 2 rings (SSSR count). The third-order valence-electron chi connectivity index (χ3n) is 3.04. The number of unbranched alkanes of at least 4 members (excludes halogenated alkanes) is 1. The third kappa shape index (κ3) is 5.49. The molecule has 118 valence electrons. The molecular weight excluding hydrogens is 300 g/mol. The van der Waals surface area contributed by atoms with Crippen LogP contribution in [0.3, 0.4) is 0 Å². The molecule has 0 aliphatic carbocycles. The highest BCUT2D eigenvalue weighted by atomic mass is 35.5. The summed E-state index contributed by atoms with van der Waals surface area (Å²) in [6.45, 7) is 3.94. The molecule has 0 heterocycles. The predicted molar refractivity (Wildman–Crippen MR) is 89.3 cm³/mol. The van der Waals surface area contributed by atoms with Gasteiger partial charge in [-0.05, 0) is 56.2 Å². The van der Waals surface area contributed by atoms with Crippen molar-refractivity contribution in [3.05, 3.63) is 53.6 Å². The first kappa shape index (κ1) is 16.5. The van der Waals surface area contributed by atoms with Crippen molar-refractivity contribution in [3.63, 3.8) is 0 Å². The summed E-state index contributed by atoms with van der Waals surface area (Å²) in [5, 5.41) is 0.646. The summed E-state index contributed by atoms with van der Waals surface area (Å²) in [4.78, 5) is 0. The highest BCUT2D eigenvalue weighted by Gasteiger charge is 2.00. The summed E-state index contributed by atoms with van der Waals surface area (Å²) >= 11 is 6.02. The number of halogens is 1. The van der Waals surface area contributed by atoms with Crippen LogP contribution < -0.4 is 14.2 Å².